The molecule has 3 heteroatoms. The van der Waals surface area contributed by atoms with Crippen LogP contribution < -0.4 is 0 Å². The molecule has 132 valence electrons. The van der Waals surface area contributed by atoms with Gasteiger partial charge in [-0.05, 0) is 46.0 Å². The smallest absolute Gasteiger partial charge is 0.0491 e. The third-order valence-corrected chi connectivity index (χ3v) is 5.97. The Balaban J connectivity index is 1.51. The quantitative estimate of drug-likeness (QED) is 0.707. The van der Waals surface area contributed by atoms with E-state index < -0.39 is 0 Å². The van der Waals surface area contributed by atoms with Crippen molar-refractivity contribution in [3.63, 3.8) is 0 Å². The molecular weight excluding hydrogens is 306 g/mol. The molecule has 0 spiro atoms. The van der Waals surface area contributed by atoms with Crippen LogP contribution in [0.2, 0.25) is 0 Å². The van der Waals surface area contributed by atoms with Crippen LogP contribution in [0.1, 0.15) is 20.3 Å². The van der Waals surface area contributed by atoms with E-state index in [-0.39, 0.29) is 0 Å². The van der Waals surface area contributed by atoms with E-state index in [0.717, 1.165) is 6.54 Å². The second-order valence-electron chi connectivity index (χ2n) is 7.66. The number of nitrogens with zero attached hydrogens (tertiary/aromatic N) is 3. The van der Waals surface area contributed by atoms with E-state index in [4.69, 9.17) is 0 Å². The van der Waals surface area contributed by atoms with E-state index in [1.165, 1.54) is 47.9 Å². The van der Waals surface area contributed by atoms with Crippen molar-refractivity contribution >= 4 is 21.8 Å². The molecule has 0 saturated carbocycles. The Morgan fingerprint density at radius 2 is 1.32 bits per heavy atom. The molecule has 1 saturated heterocycles. The van der Waals surface area contributed by atoms with Gasteiger partial charge in [0.2, 0.25) is 0 Å². The maximum absolute atomic E-state index is 2.64. The third kappa shape index (κ3) is 3.07. The minimum atomic E-state index is 0.650. The molecule has 1 aromatic heterocycles. The fraction of sp³-hybridized carbons (Fsp3) is 0.455. The lowest BCUT2D eigenvalue weighted by molar-refractivity contribution is 0.0589. The lowest BCUT2D eigenvalue weighted by atomic mass is 10.1. The molecule has 2 aromatic carbocycles. The predicted molar refractivity (Wildman–Crippen MR) is 107 cm³/mol. The van der Waals surface area contributed by atoms with E-state index in [1.807, 2.05) is 0 Å². The molecule has 25 heavy (non-hydrogen) atoms. The second-order valence-corrected chi connectivity index (χ2v) is 7.66. The lowest BCUT2D eigenvalue weighted by Crippen LogP contribution is -2.55. The Bertz CT molecular complexity index is 801. The molecule has 3 aromatic rings. The zero-order chi connectivity index (χ0) is 17.4. The van der Waals surface area contributed by atoms with E-state index in [2.05, 4.69) is 83.8 Å². The van der Waals surface area contributed by atoms with Gasteiger partial charge in [0.1, 0.15) is 0 Å². The van der Waals surface area contributed by atoms with Crippen molar-refractivity contribution in [2.24, 2.45) is 0 Å². The summed E-state index contributed by atoms with van der Waals surface area (Å²) in [5.74, 6) is 0. The van der Waals surface area contributed by atoms with Gasteiger partial charge in [-0.3, -0.25) is 4.90 Å². The zero-order valence-electron chi connectivity index (χ0n) is 15.7. The summed E-state index contributed by atoms with van der Waals surface area (Å²) in [6, 6.07) is 18.9. The van der Waals surface area contributed by atoms with E-state index in [0.29, 0.717) is 12.1 Å². The molecule has 1 fully saturated rings. The van der Waals surface area contributed by atoms with Crippen molar-refractivity contribution in [2.75, 3.05) is 26.7 Å². The molecule has 0 unspecified atom stereocenters. The van der Waals surface area contributed by atoms with Gasteiger partial charge in [0.05, 0.1) is 0 Å². The number of aryl methyl sites for hydroxylation is 1. The van der Waals surface area contributed by atoms with Gasteiger partial charge in [0.25, 0.3) is 0 Å². The van der Waals surface area contributed by atoms with Crippen LogP contribution in [-0.2, 0) is 6.54 Å². The van der Waals surface area contributed by atoms with Gasteiger partial charge in [0.15, 0.2) is 0 Å². The molecule has 1 aliphatic rings. The summed E-state index contributed by atoms with van der Waals surface area (Å²) in [5.41, 5.74) is 2.73. The van der Waals surface area contributed by atoms with Crippen LogP contribution in [0.25, 0.3) is 21.8 Å². The number of fused-ring (bicyclic) bond motifs is 3. The second kappa shape index (κ2) is 6.81. The van der Waals surface area contributed by atoms with E-state index in [9.17, 15) is 0 Å². The largest absolute Gasteiger partial charge is 0.340 e. The monoisotopic (exact) mass is 335 g/mol. The first kappa shape index (κ1) is 16.6. The molecule has 0 amide bonds. The summed E-state index contributed by atoms with van der Waals surface area (Å²) in [6.45, 7) is 9.33. The first-order chi connectivity index (χ1) is 12.1. The molecule has 2 heterocycles. The average Bonchev–Trinajstić information content (AvgIpc) is 2.94. The average molecular weight is 335 g/mol. The lowest BCUT2D eigenvalue weighted by Gasteiger charge is -2.42. The summed E-state index contributed by atoms with van der Waals surface area (Å²) >= 11 is 0. The van der Waals surface area contributed by atoms with Gasteiger partial charge in [0, 0.05) is 53.5 Å². The topological polar surface area (TPSA) is 11.4 Å². The van der Waals surface area contributed by atoms with Crippen LogP contribution >= 0.6 is 0 Å². The number of rotatable bonds is 4. The molecule has 0 N–H and O–H groups in total. The van der Waals surface area contributed by atoms with Crippen LogP contribution in [0.15, 0.2) is 48.5 Å². The van der Waals surface area contributed by atoms with Gasteiger partial charge in [-0.15, -0.1) is 0 Å². The summed E-state index contributed by atoms with van der Waals surface area (Å²) in [7, 11) is 2.25. The highest BCUT2D eigenvalue weighted by molar-refractivity contribution is 6.07. The maximum atomic E-state index is 2.64. The Hall–Kier alpha value is -1.84. The first-order valence-electron chi connectivity index (χ1n) is 9.55. The van der Waals surface area contributed by atoms with Gasteiger partial charge >= 0.3 is 0 Å². The molecule has 0 bridgehead atoms. The Labute approximate surface area is 150 Å². The van der Waals surface area contributed by atoms with Crippen molar-refractivity contribution in [3.05, 3.63) is 48.5 Å². The minimum Gasteiger partial charge on any atom is -0.340 e. The van der Waals surface area contributed by atoms with Crippen LogP contribution in [0.4, 0.5) is 0 Å². The Morgan fingerprint density at radius 3 is 1.88 bits per heavy atom. The number of hydrogen-bond donors (Lipinski definition) is 0. The third-order valence-electron chi connectivity index (χ3n) is 5.97. The van der Waals surface area contributed by atoms with Crippen molar-refractivity contribution < 1.29 is 0 Å². The number of hydrogen-bond acceptors (Lipinski definition) is 2. The maximum Gasteiger partial charge on any atom is 0.0491 e. The van der Waals surface area contributed by atoms with Crippen LogP contribution in [0, 0.1) is 0 Å². The predicted octanol–water partition coefficient (Wildman–Crippen LogP) is 4.21. The van der Waals surface area contributed by atoms with Crippen LogP contribution in [0.3, 0.4) is 0 Å². The normalized spacial score (nSPS) is 22.8. The number of aromatic nitrogens is 1. The fourth-order valence-electron chi connectivity index (χ4n) is 4.39. The first-order valence-corrected chi connectivity index (χ1v) is 9.55. The molecule has 4 rings (SSSR count). The van der Waals surface area contributed by atoms with Gasteiger partial charge in [-0.25, -0.2) is 0 Å². The Morgan fingerprint density at radius 1 is 0.800 bits per heavy atom. The summed E-state index contributed by atoms with van der Waals surface area (Å²) in [6.07, 6.45) is 1.20. The van der Waals surface area contributed by atoms with Crippen molar-refractivity contribution in [3.8, 4) is 0 Å². The van der Waals surface area contributed by atoms with E-state index in [1.54, 1.807) is 0 Å². The molecule has 2 atom stereocenters. The van der Waals surface area contributed by atoms with Crippen LogP contribution in [-0.4, -0.2) is 53.1 Å². The highest BCUT2D eigenvalue weighted by Crippen LogP contribution is 2.28. The van der Waals surface area contributed by atoms with Crippen molar-refractivity contribution in [2.45, 2.75) is 38.9 Å². The van der Waals surface area contributed by atoms with Crippen molar-refractivity contribution in [1.29, 1.82) is 0 Å². The van der Waals surface area contributed by atoms with Gasteiger partial charge < -0.3 is 9.47 Å². The summed E-state index contributed by atoms with van der Waals surface area (Å²) in [4.78, 5) is 5.15. The summed E-state index contributed by atoms with van der Waals surface area (Å²) in [5, 5.41) is 2.75. The SMILES string of the molecule is C[C@@H]1CN(CCCn2c3ccccc3c3ccccc32)C[C@H](C)N1C. The van der Waals surface area contributed by atoms with Gasteiger partial charge in [-0.2, -0.15) is 0 Å². The molecular formula is C22H29N3. The molecule has 0 radical (unpaired) electrons. The highest BCUT2D eigenvalue weighted by Gasteiger charge is 2.25. The molecule has 1 aliphatic heterocycles. The van der Waals surface area contributed by atoms with E-state index >= 15 is 0 Å². The van der Waals surface area contributed by atoms with Crippen molar-refractivity contribution in [1.82, 2.24) is 14.4 Å². The highest BCUT2D eigenvalue weighted by atomic mass is 15.3. The number of likely N-dealkylation sites (N-methyl/N-ethyl adjacent to an activating group) is 1. The standard InChI is InChI=1S/C22H29N3/c1-17-15-24(16-18(2)23(17)3)13-8-14-25-21-11-6-4-9-19(21)20-10-5-7-12-22(20)25/h4-7,9-12,17-18H,8,13-16H2,1-3H3/t17-,18+. The number of benzene rings is 2. The van der Waals surface area contributed by atoms with Gasteiger partial charge in [-0.1, -0.05) is 36.4 Å². The van der Waals surface area contributed by atoms with Crippen LogP contribution in [0.5, 0.6) is 0 Å². The number of para-hydroxylation sites is 2. The number of piperazine rings is 1. The molecule has 3 nitrogen and oxygen atoms in total. The minimum absolute atomic E-state index is 0.650. The Kier molecular flexibility index (Phi) is 4.53. The summed E-state index contributed by atoms with van der Waals surface area (Å²) < 4.78 is 2.51. The molecule has 0 aliphatic carbocycles. The zero-order valence-corrected chi connectivity index (χ0v) is 15.7. The fourth-order valence-corrected chi connectivity index (χ4v) is 4.39.